The Morgan fingerprint density at radius 2 is 2.08 bits per heavy atom. The van der Waals surface area contributed by atoms with Gasteiger partial charge in [-0.3, -0.25) is 10.1 Å². The van der Waals surface area contributed by atoms with Crippen molar-refractivity contribution in [1.29, 1.82) is 0 Å². The number of rotatable bonds is 1. The van der Waals surface area contributed by atoms with Crippen LogP contribution >= 0.6 is 11.6 Å². The Bertz CT molecular complexity index is 353. The van der Waals surface area contributed by atoms with Crippen molar-refractivity contribution < 1.29 is 9.31 Å². The highest BCUT2D eigenvalue weighted by Gasteiger charge is 2.21. The first-order valence-electron chi connectivity index (χ1n) is 3.54. The zero-order valence-electron chi connectivity index (χ0n) is 7.10. The third kappa shape index (κ3) is 1.62. The van der Waals surface area contributed by atoms with E-state index in [0.717, 1.165) is 0 Å². The Balaban J connectivity index is 3.56. The highest BCUT2D eigenvalue weighted by molar-refractivity contribution is 6.33. The molecule has 1 rings (SSSR count). The molecule has 0 atom stereocenters. The molecule has 0 aliphatic heterocycles. The first-order valence-corrected chi connectivity index (χ1v) is 3.92. The molecule has 0 heterocycles. The third-order valence-corrected chi connectivity index (χ3v) is 2.27. The maximum atomic E-state index is 13.0. The van der Waals surface area contributed by atoms with E-state index in [1.54, 1.807) is 0 Å². The zero-order valence-corrected chi connectivity index (χ0v) is 7.85. The largest absolute Gasteiger partial charge is 0.293 e. The Hall–Kier alpha value is -1.16. The smallest absolute Gasteiger partial charge is 0.258 e. The summed E-state index contributed by atoms with van der Waals surface area (Å²) in [5.41, 5.74) is -0.00349. The summed E-state index contributed by atoms with van der Waals surface area (Å²) in [5, 5.41) is 10.5. The number of hydrogen-bond acceptors (Lipinski definition) is 2. The van der Waals surface area contributed by atoms with Gasteiger partial charge in [-0.05, 0) is 25.5 Å². The fourth-order valence-corrected chi connectivity index (χ4v) is 1.31. The molecule has 5 heteroatoms. The average Bonchev–Trinajstić information content (AvgIpc) is 2.01. The molecule has 0 unspecified atom stereocenters. The van der Waals surface area contributed by atoms with E-state index in [2.05, 4.69) is 0 Å². The predicted octanol–water partition coefficient (Wildman–Crippen LogP) is 3.00. The number of nitro groups is 1. The normalized spacial score (nSPS) is 10.2. The molecular formula is C8H7ClFNO2. The molecule has 0 aromatic heterocycles. The fourth-order valence-electron chi connectivity index (χ4n) is 1.04. The van der Waals surface area contributed by atoms with Crippen LogP contribution in [0.5, 0.6) is 0 Å². The van der Waals surface area contributed by atoms with Crippen LogP contribution in [0.15, 0.2) is 6.07 Å². The minimum Gasteiger partial charge on any atom is -0.258 e. The van der Waals surface area contributed by atoms with E-state index in [1.807, 2.05) is 0 Å². The maximum Gasteiger partial charge on any atom is 0.293 e. The van der Waals surface area contributed by atoms with Crippen LogP contribution in [0.4, 0.5) is 10.1 Å². The molecule has 0 bridgehead atoms. The Labute approximate surface area is 79.3 Å². The predicted molar refractivity (Wildman–Crippen MR) is 47.5 cm³/mol. The first kappa shape index (κ1) is 9.92. The summed E-state index contributed by atoms with van der Waals surface area (Å²) in [6, 6.07) is 1.19. The van der Waals surface area contributed by atoms with Crippen molar-refractivity contribution >= 4 is 17.3 Å². The molecule has 0 aliphatic rings. The molecule has 1 aromatic rings. The second-order valence-electron chi connectivity index (χ2n) is 2.72. The van der Waals surface area contributed by atoms with E-state index in [9.17, 15) is 14.5 Å². The maximum absolute atomic E-state index is 13.0. The van der Waals surface area contributed by atoms with Crippen LogP contribution in [0, 0.1) is 29.8 Å². The fraction of sp³-hybridized carbons (Fsp3) is 0.250. The van der Waals surface area contributed by atoms with Crippen molar-refractivity contribution in [1.82, 2.24) is 0 Å². The Morgan fingerprint density at radius 3 is 2.54 bits per heavy atom. The van der Waals surface area contributed by atoms with E-state index in [0.29, 0.717) is 5.56 Å². The second kappa shape index (κ2) is 3.30. The lowest BCUT2D eigenvalue weighted by atomic mass is 10.1. The van der Waals surface area contributed by atoms with Crippen molar-refractivity contribution in [2.45, 2.75) is 13.8 Å². The van der Waals surface area contributed by atoms with E-state index in [1.165, 1.54) is 19.9 Å². The number of aryl methyl sites for hydroxylation is 1. The van der Waals surface area contributed by atoms with Gasteiger partial charge in [0, 0.05) is 0 Å². The first-order chi connectivity index (χ1) is 5.95. The summed E-state index contributed by atoms with van der Waals surface area (Å²) in [5.74, 6) is -0.603. The van der Waals surface area contributed by atoms with Crippen LogP contribution in [0.25, 0.3) is 0 Å². The van der Waals surface area contributed by atoms with Gasteiger partial charge in [-0.2, -0.15) is 0 Å². The van der Waals surface area contributed by atoms with Gasteiger partial charge in [-0.1, -0.05) is 11.6 Å². The van der Waals surface area contributed by atoms with Gasteiger partial charge < -0.3 is 0 Å². The highest BCUT2D eigenvalue weighted by atomic mass is 35.5. The van der Waals surface area contributed by atoms with Crippen LogP contribution in [-0.2, 0) is 0 Å². The number of benzene rings is 1. The van der Waals surface area contributed by atoms with E-state index < -0.39 is 10.7 Å². The molecule has 1 aromatic carbocycles. The highest BCUT2D eigenvalue weighted by Crippen LogP contribution is 2.32. The summed E-state index contributed by atoms with van der Waals surface area (Å²) in [6.07, 6.45) is 0. The van der Waals surface area contributed by atoms with E-state index in [-0.39, 0.29) is 16.3 Å². The number of halogens is 2. The van der Waals surface area contributed by atoms with Crippen LogP contribution in [0.1, 0.15) is 11.1 Å². The summed E-state index contributed by atoms with van der Waals surface area (Å²) in [7, 11) is 0. The molecule has 0 amide bonds. The molecule has 0 fully saturated rings. The third-order valence-electron chi connectivity index (χ3n) is 1.79. The van der Waals surface area contributed by atoms with Gasteiger partial charge in [0.25, 0.3) is 5.69 Å². The molecule has 0 saturated heterocycles. The standard InChI is InChI=1S/C8H7ClFNO2/c1-4-3-6(10)5(2)8(7(4)9)11(12)13/h3H,1-2H3. The van der Waals surface area contributed by atoms with Crippen LogP contribution in [0.3, 0.4) is 0 Å². The van der Waals surface area contributed by atoms with Gasteiger partial charge in [0.2, 0.25) is 0 Å². The summed E-state index contributed by atoms with van der Waals surface area (Å²) < 4.78 is 13.0. The van der Waals surface area contributed by atoms with Gasteiger partial charge in [0.05, 0.1) is 10.5 Å². The molecule has 0 N–H and O–H groups in total. The lowest BCUT2D eigenvalue weighted by molar-refractivity contribution is -0.385. The van der Waals surface area contributed by atoms with Crippen LogP contribution in [0.2, 0.25) is 5.02 Å². The lowest BCUT2D eigenvalue weighted by Crippen LogP contribution is -1.97. The second-order valence-corrected chi connectivity index (χ2v) is 3.10. The number of nitrogens with zero attached hydrogens (tertiary/aromatic N) is 1. The molecule has 3 nitrogen and oxygen atoms in total. The Morgan fingerprint density at radius 1 is 1.54 bits per heavy atom. The van der Waals surface area contributed by atoms with Crippen LogP contribution < -0.4 is 0 Å². The van der Waals surface area contributed by atoms with E-state index in [4.69, 9.17) is 11.6 Å². The topological polar surface area (TPSA) is 43.1 Å². The molecule has 13 heavy (non-hydrogen) atoms. The molecular weight excluding hydrogens is 197 g/mol. The Kier molecular flexibility index (Phi) is 2.52. The van der Waals surface area contributed by atoms with Gasteiger partial charge in [0.15, 0.2) is 0 Å². The molecule has 0 saturated carbocycles. The van der Waals surface area contributed by atoms with Gasteiger partial charge >= 0.3 is 0 Å². The quantitative estimate of drug-likeness (QED) is 0.520. The molecule has 0 aliphatic carbocycles. The summed E-state index contributed by atoms with van der Waals surface area (Å²) >= 11 is 5.66. The van der Waals surface area contributed by atoms with Crippen molar-refractivity contribution in [3.05, 3.63) is 38.1 Å². The zero-order chi connectivity index (χ0) is 10.2. The van der Waals surface area contributed by atoms with Crippen molar-refractivity contribution in [2.24, 2.45) is 0 Å². The minimum absolute atomic E-state index is 0.00361. The van der Waals surface area contributed by atoms with Crippen molar-refractivity contribution in [3.63, 3.8) is 0 Å². The van der Waals surface area contributed by atoms with Gasteiger partial charge in [-0.25, -0.2) is 4.39 Å². The SMILES string of the molecule is Cc1cc(F)c(C)c([N+](=O)[O-])c1Cl. The molecule has 70 valence electrons. The number of hydrogen-bond donors (Lipinski definition) is 0. The van der Waals surface area contributed by atoms with Gasteiger partial charge in [-0.15, -0.1) is 0 Å². The van der Waals surface area contributed by atoms with Crippen molar-refractivity contribution in [2.75, 3.05) is 0 Å². The summed E-state index contributed by atoms with van der Waals surface area (Å²) in [6.45, 7) is 2.86. The van der Waals surface area contributed by atoms with Crippen molar-refractivity contribution in [3.8, 4) is 0 Å². The average molecular weight is 204 g/mol. The van der Waals surface area contributed by atoms with Crippen LogP contribution in [-0.4, -0.2) is 4.92 Å². The van der Waals surface area contributed by atoms with Gasteiger partial charge in [0.1, 0.15) is 10.8 Å². The monoisotopic (exact) mass is 203 g/mol. The summed E-state index contributed by atoms with van der Waals surface area (Å²) in [4.78, 5) is 9.83. The number of nitro benzene ring substituents is 1. The van der Waals surface area contributed by atoms with E-state index >= 15 is 0 Å². The lowest BCUT2D eigenvalue weighted by Gasteiger charge is -2.03. The minimum atomic E-state index is -0.673. The molecule has 0 spiro atoms. The molecule has 0 radical (unpaired) electrons.